The van der Waals surface area contributed by atoms with Crippen LogP contribution in [-0.4, -0.2) is 0 Å². The molecule has 10 aromatic carbocycles. The van der Waals surface area contributed by atoms with E-state index in [0.29, 0.717) is 0 Å². The van der Waals surface area contributed by atoms with Crippen LogP contribution in [0.25, 0.3) is 121 Å². The molecular formula is C58H36. The quantitative estimate of drug-likeness (QED) is 0.169. The monoisotopic (exact) mass is 732 g/mol. The first-order valence-electron chi connectivity index (χ1n) is 20.2. The summed E-state index contributed by atoms with van der Waals surface area (Å²) in [5.74, 6) is 0. The number of benzene rings is 9. The van der Waals surface area contributed by atoms with Crippen LogP contribution in [0.1, 0.15) is 0 Å². The lowest BCUT2D eigenvalue weighted by Gasteiger charge is -2.16. The van der Waals surface area contributed by atoms with E-state index in [1.807, 2.05) is 0 Å². The van der Waals surface area contributed by atoms with Crippen molar-refractivity contribution in [1.29, 1.82) is 0 Å². The van der Waals surface area contributed by atoms with E-state index in [1.54, 1.807) is 0 Å². The highest BCUT2D eigenvalue weighted by atomic mass is 14.3. The molecule has 0 spiro atoms. The van der Waals surface area contributed by atoms with E-state index in [-0.39, 0.29) is 0 Å². The van der Waals surface area contributed by atoms with Crippen molar-refractivity contribution in [3.63, 3.8) is 0 Å². The SMILES string of the molecule is c1ccc(-c2cccc(-c3c4c(cc5ccccc35)-c3ccc5c6c(ccc-4c36)-c3ccc(-c4ccccc4-c4ccccc4)c4ccccc4cccc3-5)c2)cc1. The van der Waals surface area contributed by atoms with Crippen molar-refractivity contribution in [2.45, 2.75) is 0 Å². The lowest BCUT2D eigenvalue weighted by molar-refractivity contribution is 1.60. The van der Waals surface area contributed by atoms with Gasteiger partial charge >= 0.3 is 0 Å². The van der Waals surface area contributed by atoms with E-state index in [2.05, 4.69) is 218 Å². The van der Waals surface area contributed by atoms with Gasteiger partial charge in [0.2, 0.25) is 0 Å². The first-order chi connectivity index (χ1) is 28.8. The standard InChI is InChI=1S/C58H36/c1-3-15-37(16-4-1)40-22-13-23-42(35-40)55-45-26-10-8-20-41(45)36-54-52-32-31-50-47-28-14-21-39-19-7-9-24-44(39)48(46-27-12-11-25-43(46)38-17-5-2-6-18-38)29-30-49(47)51-33-34-53(58(54)55)57(52)56(50)51/h1-36H. The van der Waals surface area contributed by atoms with Gasteiger partial charge in [-0.1, -0.05) is 206 Å². The third kappa shape index (κ3) is 4.95. The Labute approximate surface area is 338 Å². The van der Waals surface area contributed by atoms with Gasteiger partial charge in [-0.25, -0.2) is 0 Å². The molecule has 0 saturated carbocycles. The van der Waals surface area contributed by atoms with E-state index >= 15 is 0 Å². The molecule has 0 bridgehead atoms. The summed E-state index contributed by atoms with van der Waals surface area (Å²) in [5, 5.41) is 7.67. The van der Waals surface area contributed by atoms with Gasteiger partial charge in [-0.2, -0.15) is 0 Å². The van der Waals surface area contributed by atoms with Gasteiger partial charge in [-0.05, 0) is 133 Å². The highest BCUT2D eigenvalue weighted by Gasteiger charge is 2.31. The third-order valence-corrected chi connectivity index (χ3v) is 12.4. The van der Waals surface area contributed by atoms with Gasteiger partial charge in [0.1, 0.15) is 0 Å². The van der Waals surface area contributed by atoms with Gasteiger partial charge < -0.3 is 0 Å². The molecule has 0 saturated heterocycles. The maximum absolute atomic E-state index is 2.43. The molecule has 0 heterocycles. The van der Waals surface area contributed by atoms with Crippen LogP contribution < -0.4 is 0 Å². The zero-order valence-electron chi connectivity index (χ0n) is 31.8. The lowest BCUT2D eigenvalue weighted by atomic mass is 9.87. The highest BCUT2D eigenvalue weighted by molar-refractivity contribution is 6.29. The van der Waals surface area contributed by atoms with E-state index in [4.69, 9.17) is 0 Å². The van der Waals surface area contributed by atoms with Crippen LogP contribution in [-0.2, 0) is 0 Å². The topological polar surface area (TPSA) is 0 Å². The van der Waals surface area contributed by atoms with Crippen molar-refractivity contribution in [2.24, 2.45) is 0 Å². The Morgan fingerprint density at radius 2 is 0.655 bits per heavy atom. The molecule has 58 heavy (non-hydrogen) atoms. The van der Waals surface area contributed by atoms with Crippen molar-refractivity contribution in [3.05, 3.63) is 218 Å². The Bertz CT molecular complexity index is 3370. The maximum atomic E-state index is 2.43. The van der Waals surface area contributed by atoms with Crippen molar-refractivity contribution in [3.8, 4) is 89.0 Å². The Morgan fingerprint density at radius 1 is 0.190 bits per heavy atom. The zero-order chi connectivity index (χ0) is 38.2. The molecule has 0 fully saturated rings. The molecule has 0 amide bonds. The molecule has 0 atom stereocenters. The van der Waals surface area contributed by atoms with Gasteiger partial charge in [0.05, 0.1) is 0 Å². The summed E-state index contributed by atoms with van der Waals surface area (Å²) in [5.41, 5.74) is 20.3. The molecule has 2 aliphatic carbocycles. The van der Waals surface area contributed by atoms with Crippen molar-refractivity contribution in [2.75, 3.05) is 0 Å². The number of hydrogen-bond acceptors (Lipinski definition) is 0. The van der Waals surface area contributed by atoms with Gasteiger partial charge in [-0.15, -0.1) is 0 Å². The summed E-state index contributed by atoms with van der Waals surface area (Å²) < 4.78 is 0. The van der Waals surface area contributed by atoms with Crippen LogP contribution in [0.2, 0.25) is 0 Å². The van der Waals surface area contributed by atoms with Crippen LogP contribution in [0.4, 0.5) is 0 Å². The second-order valence-electron chi connectivity index (χ2n) is 15.5. The average Bonchev–Trinajstić information content (AvgIpc) is 3.78. The lowest BCUT2D eigenvalue weighted by Crippen LogP contribution is -1.89. The minimum Gasteiger partial charge on any atom is -0.0622 e. The van der Waals surface area contributed by atoms with Crippen molar-refractivity contribution >= 4 is 32.3 Å². The van der Waals surface area contributed by atoms with Crippen LogP contribution in [0, 0.1) is 0 Å². The largest absolute Gasteiger partial charge is 0.0622 e. The molecule has 2 aliphatic rings. The predicted octanol–water partition coefficient (Wildman–Crippen LogP) is 16.2. The minimum absolute atomic E-state index is 1.20. The van der Waals surface area contributed by atoms with E-state index < -0.39 is 0 Å². The first kappa shape index (κ1) is 32.7. The summed E-state index contributed by atoms with van der Waals surface area (Å²) in [7, 11) is 0. The first-order valence-corrected chi connectivity index (χ1v) is 20.2. The maximum Gasteiger partial charge on any atom is -0.00136 e. The predicted molar refractivity (Wildman–Crippen MR) is 247 cm³/mol. The Hall–Kier alpha value is -7.54. The second-order valence-corrected chi connectivity index (χ2v) is 15.5. The van der Waals surface area contributed by atoms with Crippen LogP contribution >= 0.6 is 0 Å². The zero-order valence-corrected chi connectivity index (χ0v) is 31.8. The van der Waals surface area contributed by atoms with Gasteiger partial charge in [-0.3, -0.25) is 0 Å². The number of fused-ring (bicyclic) bond motifs is 8. The number of hydrogen-bond donors (Lipinski definition) is 0. The molecule has 0 N–H and O–H groups in total. The van der Waals surface area contributed by atoms with E-state index in [0.717, 1.165) is 0 Å². The van der Waals surface area contributed by atoms with Crippen molar-refractivity contribution in [1.82, 2.24) is 0 Å². The minimum atomic E-state index is 1.20. The average molecular weight is 733 g/mol. The Morgan fingerprint density at radius 3 is 1.45 bits per heavy atom. The van der Waals surface area contributed by atoms with E-state index in [9.17, 15) is 0 Å². The third-order valence-electron chi connectivity index (χ3n) is 12.4. The molecule has 0 heteroatoms. The summed E-state index contributed by atoms with van der Waals surface area (Å²) >= 11 is 0. The summed E-state index contributed by atoms with van der Waals surface area (Å²) in [6, 6.07) is 80.7. The molecular weight excluding hydrogens is 697 g/mol. The fourth-order valence-corrected chi connectivity index (χ4v) is 9.87. The Kier molecular flexibility index (Phi) is 7.33. The molecule has 12 rings (SSSR count). The summed E-state index contributed by atoms with van der Waals surface area (Å²) in [4.78, 5) is 0. The fraction of sp³-hybridized carbons (Fsp3) is 0. The molecule has 0 unspecified atom stereocenters. The van der Waals surface area contributed by atoms with Gasteiger partial charge in [0.15, 0.2) is 0 Å². The van der Waals surface area contributed by atoms with E-state index in [1.165, 1.54) is 121 Å². The van der Waals surface area contributed by atoms with Gasteiger partial charge in [0.25, 0.3) is 0 Å². The molecule has 0 aliphatic heterocycles. The van der Waals surface area contributed by atoms with Gasteiger partial charge in [0, 0.05) is 0 Å². The fourth-order valence-electron chi connectivity index (χ4n) is 9.87. The molecule has 0 nitrogen and oxygen atoms in total. The second kappa shape index (κ2) is 13.0. The molecule has 0 radical (unpaired) electrons. The van der Waals surface area contributed by atoms with Crippen LogP contribution in [0.3, 0.4) is 0 Å². The van der Waals surface area contributed by atoms with Crippen LogP contribution in [0.5, 0.6) is 0 Å². The highest BCUT2D eigenvalue weighted by Crippen LogP contribution is 2.59. The molecule has 10 aromatic rings. The normalized spacial score (nSPS) is 11.8. The summed E-state index contributed by atoms with van der Waals surface area (Å²) in [6.07, 6.45) is 0. The number of rotatable bonds is 4. The smallest absolute Gasteiger partial charge is 0.00136 e. The molecule has 0 aromatic heterocycles. The summed E-state index contributed by atoms with van der Waals surface area (Å²) in [6.45, 7) is 0. The molecule has 268 valence electrons. The van der Waals surface area contributed by atoms with Crippen LogP contribution in [0.15, 0.2) is 218 Å². The Balaban J connectivity index is 1.11. The van der Waals surface area contributed by atoms with Crippen molar-refractivity contribution < 1.29 is 0 Å².